The Bertz CT molecular complexity index is 677. The third kappa shape index (κ3) is 21.8. The minimum atomic E-state index is -0.831. The van der Waals surface area contributed by atoms with E-state index in [1.165, 1.54) is 83.5 Å². The van der Waals surface area contributed by atoms with Crippen molar-refractivity contribution in [3.63, 3.8) is 0 Å². The number of hydrogen-bond acceptors (Lipinski definition) is 3. The minimum Gasteiger partial charge on any atom is -0.481 e. The first-order valence-electron chi connectivity index (χ1n) is 17.2. The van der Waals surface area contributed by atoms with Gasteiger partial charge < -0.3 is 19.8 Å². The van der Waals surface area contributed by atoms with Crippen molar-refractivity contribution in [1.29, 1.82) is 0 Å². The van der Waals surface area contributed by atoms with Crippen molar-refractivity contribution in [2.24, 2.45) is 17.8 Å². The van der Waals surface area contributed by atoms with Crippen molar-refractivity contribution in [2.75, 3.05) is 26.2 Å². The predicted molar refractivity (Wildman–Crippen MR) is 173 cm³/mol. The van der Waals surface area contributed by atoms with Gasteiger partial charge in [0.25, 0.3) is 0 Å². The summed E-state index contributed by atoms with van der Waals surface area (Å²) in [6, 6.07) is 0. The summed E-state index contributed by atoms with van der Waals surface area (Å²) in [5.41, 5.74) is 0. The van der Waals surface area contributed by atoms with Gasteiger partial charge in [-0.3, -0.25) is 14.4 Å². The molecule has 42 heavy (non-hydrogen) atoms. The molecule has 0 spiro atoms. The molecular formula is C35H66NO6+. The lowest BCUT2D eigenvalue weighted by molar-refractivity contribution is -0.929. The van der Waals surface area contributed by atoms with E-state index < -0.39 is 35.7 Å². The summed E-state index contributed by atoms with van der Waals surface area (Å²) in [7, 11) is 0. The van der Waals surface area contributed by atoms with E-state index in [1.54, 1.807) is 20.8 Å². The van der Waals surface area contributed by atoms with E-state index in [0.29, 0.717) is 43.4 Å². The summed E-state index contributed by atoms with van der Waals surface area (Å²) in [5.74, 6) is -3.96. The van der Waals surface area contributed by atoms with Gasteiger partial charge in [0.2, 0.25) is 0 Å². The fraction of sp³-hybridized carbons (Fsp3) is 0.857. The highest BCUT2D eigenvalue weighted by Gasteiger charge is 2.31. The second-order valence-electron chi connectivity index (χ2n) is 13.0. The first-order valence-corrected chi connectivity index (χ1v) is 17.2. The Labute approximate surface area is 257 Å². The quantitative estimate of drug-likeness (QED) is 0.0433. The molecule has 246 valence electrons. The van der Waals surface area contributed by atoms with Gasteiger partial charge in [-0.2, -0.15) is 0 Å². The van der Waals surface area contributed by atoms with Crippen LogP contribution in [0, 0.1) is 17.8 Å². The maximum atomic E-state index is 11.5. The zero-order valence-corrected chi connectivity index (χ0v) is 27.7. The van der Waals surface area contributed by atoms with Gasteiger partial charge >= 0.3 is 17.9 Å². The van der Waals surface area contributed by atoms with E-state index in [9.17, 15) is 29.7 Å². The maximum Gasteiger partial charge on any atom is 0.306 e. The highest BCUT2D eigenvalue weighted by molar-refractivity contribution is 5.70. The van der Waals surface area contributed by atoms with Crippen LogP contribution in [-0.4, -0.2) is 63.9 Å². The summed E-state index contributed by atoms with van der Waals surface area (Å²) < 4.78 is 0.583. The van der Waals surface area contributed by atoms with Crippen LogP contribution in [0.4, 0.5) is 0 Å². The predicted octanol–water partition coefficient (Wildman–Crippen LogP) is 8.95. The van der Waals surface area contributed by atoms with Crippen LogP contribution in [0.3, 0.4) is 0 Å². The second-order valence-corrected chi connectivity index (χ2v) is 13.0. The molecule has 0 amide bonds. The van der Waals surface area contributed by atoms with Crippen LogP contribution in [0.25, 0.3) is 0 Å². The molecule has 7 nitrogen and oxygen atoms in total. The number of hydrogen-bond donors (Lipinski definition) is 3. The molecule has 0 aliphatic carbocycles. The molecule has 0 saturated carbocycles. The van der Waals surface area contributed by atoms with E-state index in [4.69, 9.17) is 0 Å². The molecule has 0 fully saturated rings. The third-order valence-corrected chi connectivity index (χ3v) is 9.02. The Balaban J connectivity index is 4.58. The summed E-state index contributed by atoms with van der Waals surface area (Å²) >= 11 is 0. The van der Waals surface area contributed by atoms with Gasteiger partial charge in [0.05, 0.1) is 43.9 Å². The van der Waals surface area contributed by atoms with Crippen LogP contribution in [0.15, 0.2) is 12.2 Å². The van der Waals surface area contributed by atoms with Gasteiger partial charge in [-0.1, -0.05) is 117 Å². The van der Waals surface area contributed by atoms with Crippen LogP contribution in [-0.2, 0) is 14.4 Å². The molecule has 0 radical (unpaired) electrons. The van der Waals surface area contributed by atoms with Crippen molar-refractivity contribution >= 4 is 17.9 Å². The molecule has 0 aliphatic heterocycles. The average Bonchev–Trinajstić information content (AvgIpc) is 2.96. The number of nitrogens with zero attached hydrogens (tertiary/aromatic N) is 1. The molecule has 0 saturated heterocycles. The fourth-order valence-corrected chi connectivity index (χ4v) is 5.50. The number of quaternary nitrogens is 1. The third-order valence-electron chi connectivity index (χ3n) is 9.02. The monoisotopic (exact) mass is 596 g/mol. The highest BCUT2D eigenvalue weighted by atomic mass is 16.4. The molecule has 0 aromatic rings. The number of carbonyl (C=O) groups is 3. The summed E-state index contributed by atoms with van der Waals surface area (Å²) in [6.07, 6.45) is 26.6. The van der Waals surface area contributed by atoms with Crippen LogP contribution >= 0.6 is 0 Å². The first kappa shape index (κ1) is 40.1. The van der Waals surface area contributed by atoms with Crippen molar-refractivity contribution in [3.8, 4) is 0 Å². The molecule has 7 heteroatoms. The maximum absolute atomic E-state index is 11.5. The second kappa shape index (κ2) is 25.6. The number of rotatable bonds is 30. The Morgan fingerprint density at radius 2 is 0.810 bits per heavy atom. The van der Waals surface area contributed by atoms with E-state index >= 15 is 0 Å². The van der Waals surface area contributed by atoms with Crippen molar-refractivity contribution < 1.29 is 34.2 Å². The Morgan fingerprint density at radius 3 is 1.14 bits per heavy atom. The first-order chi connectivity index (χ1) is 20.0. The van der Waals surface area contributed by atoms with E-state index in [2.05, 4.69) is 19.1 Å². The van der Waals surface area contributed by atoms with Crippen LogP contribution < -0.4 is 0 Å². The fourth-order valence-electron chi connectivity index (χ4n) is 5.50. The zero-order valence-electron chi connectivity index (χ0n) is 27.7. The largest absolute Gasteiger partial charge is 0.481 e. The molecular weight excluding hydrogens is 530 g/mol. The molecule has 3 unspecified atom stereocenters. The molecule has 3 N–H and O–H groups in total. The smallest absolute Gasteiger partial charge is 0.306 e. The van der Waals surface area contributed by atoms with Crippen LogP contribution in [0.2, 0.25) is 0 Å². The van der Waals surface area contributed by atoms with E-state index in [1.807, 2.05) is 0 Å². The normalized spacial score (nSPS) is 15.3. The molecule has 0 aromatic carbocycles. The Morgan fingerprint density at radius 1 is 0.500 bits per heavy atom. The number of allylic oxidation sites excluding steroid dienone is 2. The van der Waals surface area contributed by atoms with Gasteiger partial charge in [-0.05, 0) is 19.3 Å². The summed E-state index contributed by atoms with van der Waals surface area (Å²) in [6.45, 7) is 10.0. The summed E-state index contributed by atoms with van der Waals surface area (Å²) in [4.78, 5) is 34.5. The zero-order chi connectivity index (χ0) is 31.6. The summed E-state index contributed by atoms with van der Waals surface area (Å²) in [5, 5.41) is 28.3. The van der Waals surface area contributed by atoms with Gasteiger partial charge in [0, 0.05) is 25.7 Å². The SMILES string of the molecule is CCCCCCCCCCCCCCC/C=C/CCC[N+](CCC(C)C(=O)O)(CCC(C)C(=O)O)CCC(C)C(=O)O. The van der Waals surface area contributed by atoms with Crippen molar-refractivity contribution in [3.05, 3.63) is 12.2 Å². The van der Waals surface area contributed by atoms with Gasteiger partial charge in [0.1, 0.15) is 0 Å². The standard InChI is InChI=1S/C35H65NO6/c1-5-6-7-8-9-10-11-12-13-14-15-16-17-18-19-20-21-22-26-36(27-23-30(2)33(37)38,28-24-31(3)34(39)40)29-25-32(4)35(41)42/h19-20,30-32H,5-18,21-29H2,1-4H3,(H2-,37,38,39,40,41,42)/p+1/b20-19+. The van der Waals surface area contributed by atoms with Crippen molar-refractivity contribution in [2.45, 2.75) is 150 Å². The Kier molecular flexibility index (Phi) is 24.4. The van der Waals surface area contributed by atoms with Crippen LogP contribution in [0.5, 0.6) is 0 Å². The van der Waals surface area contributed by atoms with Gasteiger partial charge in [-0.15, -0.1) is 0 Å². The lowest BCUT2D eigenvalue weighted by Crippen LogP contribution is -2.52. The van der Waals surface area contributed by atoms with E-state index in [0.717, 1.165) is 25.8 Å². The molecule has 0 heterocycles. The Hall–Kier alpha value is -1.89. The lowest BCUT2D eigenvalue weighted by Gasteiger charge is -2.40. The molecule has 3 atom stereocenters. The van der Waals surface area contributed by atoms with Crippen molar-refractivity contribution in [1.82, 2.24) is 0 Å². The average molecular weight is 597 g/mol. The molecule has 0 bridgehead atoms. The molecule has 0 rings (SSSR count). The van der Waals surface area contributed by atoms with Crippen LogP contribution in [0.1, 0.15) is 150 Å². The molecule has 0 aliphatic rings. The molecule has 0 aromatic heterocycles. The highest BCUT2D eigenvalue weighted by Crippen LogP contribution is 2.21. The van der Waals surface area contributed by atoms with Gasteiger partial charge in [-0.25, -0.2) is 0 Å². The minimum absolute atomic E-state index is 0.489. The number of carboxylic acid groups (broad SMARTS) is 3. The number of carboxylic acids is 3. The topological polar surface area (TPSA) is 112 Å². The van der Waals surface area contributed by atoms with Gasteiger partial charge in [0.15, 0.2) is 0 Å². The number of unbranched alkanes of at least 4 members (excludes halogenated alkanes) is 14. The lowest BCUT2D eigenvalue weighted by atomic mass is 10.0. The van der Waals surface area contributed by atoms with E-state index in [-0.39, 0.29) is 0 Å². The number of aliphatic carboxylic acids is 3.